The van der Waals surface area contributed by atoms with Crippen LogP contribution in [0, 0.1) is 17.1 Å². The summed E-state index contributed by atoms with van der Waals surface area (Å²) < 4.78 is 15.3. The zero-order chi connectivity index (χ0) is 20.1. The Morgan fingerprint density at radius 2 is 2.07 bits per heavy atom. The lowest BCUT2D eigenvalue weighted by molar-refractivity contribution is -0.115. The van der Waals surface area contributed by atoms with E-state index in [1.165, 1.54) is 16.9 Å². The summed E-state index contributed by atoms with van der Waals surface area (Å²) >= 11 is 0. The number of benzene rings is 1. The fourth-order valence-corrected chi connectivity index (χ4v) is 2.65. The van der Waals surface area contributed by atoms with Crippen molar-refractivity contribution in [2.24, 2.45) is 0 Å². The molecule has 0 fully saturated rings. The second-order valence-electron chi connectivity index (χ2n) is 6.11. The van der Waals surface area contributed by atoms with Gasteiger partial charge in [0.15, 0.2) is 0 Å². The number of halogens is 1. The predicted molar refractivity (Wildman–Crippen MR) is 101 cm³/mol. The van der Waals surface area contributed by atoms with Crippen LogP contribution >= 0.6 is 0 Å². The molecule has 0 aliphatic heterocycles. The average Bonchev–Trinajstić information content (AvgIpc) is 3.12. The Bertz CT molecular complexity index is 1050. The molecule has 0 radical (unpaired) electrons. The van der Waals surface area contributed by atoms with Crippen molar-refractivity contribution >= 4 is 11.7 Å². The van der Waals surface area contributed by atoms with Gasteiger partial charge in [-0.05, 0) is 18.1 Å². The van der Waals surface area contributed by atoms with E-state index in [-0.39, 0.29) is 24.1 Å². The quantitative estimate of drug-likeness (QED) is 0.711. The molecule has 1 amide bonds. The van der Waals surface area contributed by atoms with Gasteiger partial charge in [-0.25, -0.2) is 14.1 Å². The van der Waals surface area contributed by atoms with E-state index in [0.717, 1.165) is 5.56 Å². The third-order valence-electron chi connectivity index (χ3n) is 4.24. The Balaban J connectivity index is 1.97. The van der Waals surface area contributed by atoms with E-state index < -0.39 is 0 Å². The lowest BCUT2D eigenvalue weighted by Gasteiger charge is -2.09. The minimum Gasteiger partial charge on any atom is -0.310 e. The van der Waals surface area contributed by atoms with E-state index >= 15 is 0 Å². The van der Waals surface area contributed by atoms with Crippen molar-refractivity contribution in [2.75, 3.05) is 5.32 Å². The maximum absolute atomic E-state index is 13.9. The number of anilines is 1. The topological polar surface area (TPSA) is 96.5 Å². The van der Waals surface area contributed by atoms with Crippen LogP contribution < -0.4 is 5.32 Å². The third-order valence-corrected chi connectivity index (χ3v) is 4.24. The first kappa shape index (κ1) is 19.2. The number of aromatic nitrogens is 4. The maximum atomic E-state index is 13.9. The molecule has 0 spiro atoms. The summed E-state index contributed by atoms with van der Waals surface area (Å²) in [6.07, 6.45) is 4.28. The lowest BCUT2D eigenvalue weighted by Crippen LogP contribution is -2.15. The number of hydrogen-bond donors (Lipinski definition) is 1. The van der Waals surface area contributed by atoms with E-state index in [4.69, 9.17) is 0 Å². The number of carbonyl (C=O) groups is 1. The van der Waals surface area contributed by atoms with Crippen molar-refractivity contribution in [3.63, 3.8) is 0 Å². The third kappa shape index (κ3) is 4.04. The maximum Gasteiger partial charge on any atom is 0.252 e. The van der Waals surface area contributed by atoms with Gasteiger partial charge >= 0.3 is 0 Å². The van der Waals surface area contributed by atoms with Crippen molar-refractivity contribution in [1.82, 2.24) is 19.7 Å². The van der Waals surface area contributed by atoms with Gasteiger partial charge in [-0.2, -0.15) is 15.3 Å². The van der Waals surface area contributed by atoms with E-state index in [0.29, 0.717) is 35.5 Å². The number of hydrogen-bond acceptors (Lipinski definition) is 5. The van der Waals surface area contributed by atoms with Gasteiger partial charge in [-0.1, -0.05) is 32.0 Å². The van der Waals surface area contributed by atoms with Crippen molar-refractivity contribution in [3.8, 4) is 12.0 Å². The minimum atomic E-state index is -0.353. The number of amides is 1. The Kier molecular flexibility index (Phi) is 5.75. The predicted octanol–water partition coefficient (Wildman–Crippen LogP) is 3.17. The van der Waals surface area contributed by atoms with Crippen LogP contribution in [-0.4, -0.2) is 25.7 Å². The van der Waals surface area contributed by atoms with Crippen LogP contribution in [0.4, 0.5) is 10.2 Å². The van der Waals surface area contributed by atoms with Crippen LogP contribution in [0.15, 0.2) is 36.7 Å². The fourth-order valence-electron chi connectivity index (χ4n) is 2.65. The minimum absolute atomic E-state index is 0.155. The number of nitriles is 1. The average molecular weight is 378 g/mol. The molecular formula is C20H19FN6O. The molecule has 1 N–H and O–H groups in total. The Morgan fingerprint density at radius 1 is 1.29 bits per heavy atom. The molecular weight excluding hydrogens is 359 g/mol. The summed E-state index contributed by atoms with van der Waals surface area (Å²) in [5, 5.41) is 16.6. The standard InChI is InChI=1S/C20H19FN6O/c1-3-13-11-23-20(25-19(13)24-18(28)4-2)27-12-15(10-22)17(26-27)9-14-7-5-6-8-16(14)21/h5-8,11-12H,3-4,9H2,1-2H3,(H,23,24,25,28). The number of rotatable bonds is 6. The van der Waals surface area contributed by atoms with E-state index in [1.807, 2.05) is 6.92 Å². The van der Waals surface area contributed by atoms with Crippen molar-refractivity contribution in [1.29, 1.82) is 5.26 Å². The Morgan fingerprint density at radius 3 is 2.75 bits per heavy atom. The fraction of sp³-hybridized carbons (Fsp3) is 0.250. The van der Waals surface area contributed by atoms with Crippen LogP contribution in [0.1, 0.15) is 42.7 Å². The molecule has 0 unspecified atom stereocenters. The van der Waals surface area contributed by atoms with Crippen LogP contribution in [-0.2, 0) is 17.6 Å². The molecule has 1 aromatic carbocycles. The first-order valence-corrected chi connectivity index (χ1v) is 8.93. The number of nitrogens with one attached hydrogen (secondary N) is 1. The van der Waals surface area contributed by atoms with E-state index in [2.05, 4.69) is 26.5 Å². The molecule has 28 heavy (non-hydrogen) atoms. The molecule has 7 nitrogen and oxygen atoms in total. The van der Waals surface area contributed by atoms with Gasteiger partial charge in [-0.3, -0.25) is 4.79 Å². The summed E-state index contributed by atoms with van der Waals surface area (Å²) in [5.41, 5.74) is 1.98. The molecule has 3 aromatic rings. The first-order valence-electron chi connectivity index (χ1n) is 8.93. The van der Waals surface area contributed by atoms with Gasteiger partial charge in [0.25, 0.3) is 5.95 Å². The van der Waals surface area contributed by atoms with Gasteiger partial charge in [0.05, 0.1) is 17.5 Å². The zero-order valence-corrected chi connectivity index (χ0v) is 15.6. The molecule has 0 aliphatic rings. The van der Waals surface area contributed by atoms with Gasteiger partial charge in [-0.15, -0.1) is 0 Å². The van der Waals surface area contributed by atoms with Gasteiger partial charge in [0, 0.05) is 24.6 Å². The monoisotopic (exact) mass is 378 g/mol. The number of aryl methyl sites for hydroxylation is 1. The molecule has 0 aliphatic carbocycles. The SMILES string of the molecule is CCC(=O)Nc1nc(-n2cc(C#N)c(Cc3ccccc3F)n2)ncc1CC. The molecule has 8 heteroatoms. The Hall–Kier alpha value is -3.60. The highest BCUT2D eigenvalue weighted by atomic mass is 19.1. The Labute approximate surface area is 161 Å². The molecule has 0 saturated carbocycles. The first-order chi connectivity index (χ1) is 13.5. The smallest absolute Gasteiger partial charge is 0.252 e. The summed E-state index contributed by atoms with van der Waals surface area (Å²) in [6, 6.07) is 8.44. The van der Waals surface area contributed by atoms with Crippen LogP contribution in [0.5, 0.6) is 0 Å². The van der Waals surface area contributed by atoms with Gasteiger partial charge < -0.3 is 5.32 Å². The van der Waals surface area contributed by atoms with Crippen LogP contribution in [0.3, 0.4) is 0 Å². The van der Waals surface area contributed by atoms with Crippen molar-refractivity contribution in [2.45, 2.75) is 33.1 Å². The van der Waals surface area contributed by atoms with Gasteiger partial charge in [0.2, 0.25) is 5.91 Å². The molecule has 0 atom stereocenters. The molecule has 3 rings (SSSR count). The summed E-state index contributed by atoms with van der Waals surface area (Å²) in [7, 11) is 0. The molecule has 0 bridgehead atoms. The normalized spacial score (nSPS) is 10.5. The number of carbonyl (C=O) groups excluding carboxylic acids is 1. The second-order valence-corrected chi connectivity index (χ2v) is 6.11. The van der Waals surface area contributed by atoms with Crippen molar-refractivity contribution < 1.29 is 9.18 Å². The van der Waals surface area contributed by atoms with Gasteiger partial charge in [0.1, 0.15) is 17.7 Å². The number of nitrogens with zero attached hydrogens (tertiary/aromatic N) is 5. The highest BCUT2D eigenvalue weighted by molar-refractivity contribution is 5.90. The lowest BCUT2D eigenvalue weighted by atomic mass is 10.1. The largest absolute Gasteiger partial charge is 0.310 e. The van der Waals surface area contributed by atoms with Crippen LogP contribution in [0.2, 0.25) is 0 Å². The molecule has 2 aromatic heterocycles. The summed E-state index contributed by atoms with van der Waals surface area (Å²) in [4.78, 5) is 20.4. The van der Waals surface area contributed by atoms with Crippen molar-refractivity contribution in [3.05, 3.63) is 64.9 Å². The highest BCUT2D eigenvalue weighted by Gasteiger charge is 2.15. The molecule has 0 saturated heterocycles. The molecule has 142 valence electrons. The summed E-state index contributed by atoms with van der Waals surface area (Å²) in [6.45, 7) is 3.69. The zero-order valence-electron chi connectivity index (χ0n) is 15.6. The summed E-state index contributed by atoms with van der Waals surface area (Å²) in [5.74, 6) is 0.135. The van der Waals surface area contributed by atoms with E-state index in [9.17, 15) is 14.4 Å². The highest BCUT2D eigenvalue weighted by Crippen LogP contribution is 2.18. The van der Waals surface area contributed by atoms with E-state index in [1.54, 1.807) is 31.3 Å². The second kappa shape index (κ2) is 8.39. The molecule has 2 heterocycles. The van der Waals surface area contributed by atoms with Crippen LogP contribution in [0.25, 0.3) is 5.95 Å².